The van der Waals surface area contributed by atoms with E-state index in [1.54, 1.807) is 11.8 Å². The van der Waals surface area contributed by atoms with Crippen molar-refractivity contribution in [2.24, 2.45) is 29.6 Å². The molecule has 1 saturated heterocycles. The highest BCUT2D eigenvalue weighted by atomic mass is 32.2. The van der Waals surface area contributed by atoms with Gasteiger partial charge in [0.2, 0.25) is 11.8 Å². The van der Waals surface area contributed by atoms with Crippen LogP contribution in [0.2, 0.25) is 0 Å². The van der Waals surface area contributed by atoms with Gasteiger partial charge in [-0.2, -0.15) is 0 Å². The predicted octanol–water partition coefficient (Wildman–Crippen LogP) is 2.69. The molecule has 0 spiro atoms. The van der Waals surface area contributed by atoms with Crippen LogP contribution < -0.4 is 4.87 Å². The van der Waals surface area contributed by atoms with Gasteiger partial charge in [0.15, 0.2) is 0 Å². The number of hydrogen-bond acceptors (Lipinski definition) is 6. The maximum absolute atomic E-state index is 13.3. The molecule has 1 aromatic heterocycles. The molecule has 2 aromatic rings. The number of thiazole rings is 1. The van der Waals surface area contributed by atoms with Crippen LogP contribution in [0.3, 0.4) is 0 Å². The number of fused-ring (bicyclic) bond motifs is 9. The van der Waals surface area contributed by atoms with Crippen molar-refractivity contribution in [3.05, 3.63) is 49.9 Å². The van der Waals surface area contributed by atoms with E-state index in [1.165, 1.54) is 21.8 Å². The van der Waals surface area contributed by atoms with Gasteiger partial charge in [0.05, 0.1) is 23.3 Å². The standard InChI is InChI=1S/C23H22N2O5S2/c1-9-4-2-3-5-10(9)14-15-11-8-12(18(15)31-20-19(14)32-23(30)24-20)17-16(11)21(28)25(22(17)29)7-6-13(26)27/h2-5,11-12,14-18H,6-8H2,1H3,(H,24,30)(H,26,27)/t11-,12+,14-,15+,16-,17+,18-/m1/s1. The van der Waals surface area contributed by atoms with Crippen LogP contribution in [0.5, 0.6) is 0 Å². The van der Waals surface area contributed by atoms with E-state index in [1.807, 2.05) is 12.1 Å². The van der Waals surface area contributed by atoms with E-state index in [0.717, 1.165) is 21.9 Å². The van der Waals surface area contributed by atoms with E-state index in [2.05, 4.69) is 24.0 Å². The molecule has 9 heteroatoms. The molecule has 2 saturated carbocycles. The van der Waals surface area contributed by atoms with Crippen molar-refractivity contribution in [2.45, 2.75) is 36.0 Å². The Morgan fingerprint density at radius 1 is 1.16 bits per heavy atom. The number of thioether (sulfide) groups is 1. The number of carboxylic acids is 1. The molecular weight excluding hydrogens is 448 g/mol. The Kier molecular flexibility index (Phi) is 4.46. The summed E-state index contributed by atoms with van der Waals surface area (Å²) in [5.41, 5.74) is 2.34. The van der Waals surface area contributed by atoms with E-state index < -0.39 is 5.97 Å². The van der Waals surface area contributed by atoms with Gasteiger partial charge in [0.25, 0.3) is 0 Å². The zero-order valence-electron chi connectivity index (χ0n) is 17.3. The van der Waals surface area contributed by atoms with Gasteiger partial charge < -0.3 is 10.1 Å². The monoisotopic (exact) mass is 470 g/mol. The first-order chi connectivity index (χ1) is 15.4. The largest absolute Gasteiger partial charge is 0.481 e. The number of benzene rings is 1. The molecule has 7 atom stereocenters. The van der Waals surface area contributed by atoms with Crippen LogP contribution in [0.4, 0.5) is 0 Å². The molecule has 2 aliphatic heterocycles. The molecule has 3 heterocycles. The quantitative estimate of drug-likeness (QED) is 0.666. The lowest BCUT2D eigenvalue weighted by Gasteiger charge is -2.43. The number of imide groups is 1. The number of aryl methyl sites for hydroxylation is 1. The number of carbonyl (C=O) groups is 3. The fraction of sp³-hybridized carbons (Fsp3) is 0.478. The fourth-order valence-corrected chi connectivity index (χ4v) is 9.67. The number of H-pyrrole nitrogens is 1. The van der Waals surface area contributed by atoms with Crippen LogP contribution in [0.1, 0.15) is 34.8 Å². The number of nitrogens with one attached hydrogen (secondary N) is 1. The zero-order valence-corrected chi connectivity index (χ0v) is 18.9. The van der Waals surface area contributed by atoms with Crippen LogP contribution in [0.15, 0.2) is 34.1 Å². The van der Waals surface area contributed by atoms with Crippen LogP contribution in [-0.2, 0) is 14.4 Å². The zero-order chi connectivity index (χ0) is 22.3. The molecule has 0 radical (unpaired) electrons. The first-order valence-corrected chi connectivity index (χ1v) is 12.6. The molecule has 2 aliphatic carbocycles. The van der Waals surface area contributed by atoms with Crippen LogP contribution in [0.25, 0.3) is 0 Å². The highest BCUT2D eigenvalue weighted by Crippen LogP contribution is 2.68. The molecule has 166 valence electrons. The summed E-state index contributed by atoms with van der Waals surface area (Å²) in [7, 11) is 0. The molecule has 4 aliphatic rings. The summed E-state index contributed by atoms with van der Waals surface area (Å²) in [5, 5.41) is 10.1. The van der Waals surface area contributed by atoms with Gasteiger partial charge in [0, 0.05) is 22.6 Å². The first kappa shape index (κ1) is 20.2. The normalized spacial score (nSPS) is 34.5. The van der Waals surface area contributed by atoms with Crippen molar-refractivity contribution >= 4 is 40.9 Å². The Morgan fingerprint density at radius 3 is 2.59 bits per heavy atom. The molecule has 0 unspecified atom stereocenters. The lowest BCUT2D eigenvalue weighted by atomic mass is 9.67. The van der Waals surface area contributed by atoms with Crippen LogP contribution >= 0.6 is 23.1 Å². The maximum atomic E-state index is 13.3. The molecule has 3 fully saturated rings. The second-order valence-electron chi connectivity index (χ2n) is 9.29. The fourth-order valence-electron chi connectivity index (χ4n) is 6.79. The predicted molar refractivity (Wildman–Crippen MR) is 119 cm³/mol. The third-order valence-electron chi connectivity index (χ3n) is 7.89. The smallest absolute Gasteiger partial charge is 0.305 e. The van der Waals surface area contributed by atoms with Crippen LogP contribution in [-0.4, -0.2) is 44.6 Å². The Bertz CT molecular complexity index is 1220. The van der Waals surface area contributed by atoms with Crippen molar-refractivity contribution in [1.82, 2.24) is 9.88 Å². The van der Waals surface area contributed by atoms with Gasteiger partial charge in [-0.05, 0) is 42.2 Å². The van der Waals surface area contributed by atoms with E-state index in [9.17, 15) is 19.2 Å². The average molecular weight is 471 g/mol. The summed E-state index contributed by atoms with van der Waals surface area (Å²) in [4.78, 5) is 55.0. The number of aromatic amines is 1. The number of rotatable bonds is 4. The van der Waals surface area contributed by atoms with Crippen molar-refractivity contribution < 1.29 is 19.5 Å². The van der Waals surface area contributed by atoms with Crippen molar-refractivity contribution in [3.63, 3.8) is 0 Å². The van der Waals surface area contributed by atoms with Gasteiger partial charge in [0.1, 0.15) is 0 Å². The molecule has 2 N–H and O–H groups in total. The highest BCUT2D eigenvalue weighted by Gasteiger charge is 2.69. The maximum Gasteiger partial charge on any atom is 0.305 e. The second kappa shape index (κ2) is 7.05. The molecule has 6 rings (SSSR count). The highest BCUT2D eigenvalue weighted by molar-refractivity contribution is 8.00. The van der Waals surface area contributed by atoms with Gasteiger partial charge in [-0.15, -0.1) is 11.8 Å². The average Bonchev–Trinajstić information content (AvgIpc) is 3.46. The van der Waals surface area contributed by atoms with Crippen molar-refractivity contribution in [1.29, 1.82) is 0 Å². The minimum absolute atomic E-state index is 0.0216. The minimum Gasteiger partial charge on any atom is -0.481 e. The van der Waals surface area contributed by atoms with E-state index in [4.69, 9.17) is 5.11 Å². The van der Waals surface area contributed by atoms with Crippen molar-refractivity contribution in [2.75, 3.05) is 6.54 Å². The molecule has 2 amide bonds. The Morgan fingerprint density at radius 2 is 1.88 bits per heavy atom. The molecule has 2 bridgehead atoms. The number of likely N-dealkylation sites (tertiary alicyclic amines) is 1. The number of aromatic nitrogens is 1. The van der Waals surface area contributed by atoms with Gasteiger partial charge in [-0.3, -0.25) is 24.1 Å². The summed E-state index contributed by atoms with van der Waals surface area (Å²) in [6.45, 7) is 2.03. The number of carbonyl (C=O) groups excluding carboxylic acids is 2. The molecule has 7 nitrogen and oxygen atoms in total. The Hall–Kier alpha value is -2.39. The third-order valence-corrected chi connectivity index (χ3v) is 10.5. The number of aliphatic carboxylic acids is 1. The Labute approximate surface area is 192 Å². The number of amides is 2. The lowest BCUT2D eigenvalue weighted by Crippen LogP contribution is -2.42. The van der Waals surface area contributed by atoms with E-state index >= 15 is 0 Å². The van der Waals surface area contributed by atoms with E-state index in [-0.39, 0.29) is 70.4 Å². The molecular formula is C23H22N2O5S2. The van der Waals surface area contributed by atoms with Crippen LogP contribution in [0, 0.1) is 36.5 Å². The molecule has 32 heavy (non-hydrogen) atoms. The van der Waals surface area contributed by atoms with Crippen molar-refractivity contribution in [3.8, 4) is 0 Å². The number of nitrogens with zero attached hydrogens (tertiary/aromatic N) is 1. The summed E-state index contributed by atoms with van der Waals surface area (Å²) in [6.07, 6.45) is 0.613. The summed E-state index contributed by atoms with van der Waals surface area (Å²) in [5.74, 6) is -1.83. The third kappa shape index (κ3) is 2.67. The van der Waals surface area contributed by atoms with Gasteiger partial charge >= 0.3 is 10.8 Å². The minimum atomic E-state index is -1.01. The SMILES string of the molecule is Cc1ccccc1[C@H]1c2sc(=O)[nH]c2S[C@@H]2[C@H]3C[C@@H]([C@H]4C(=O)N(CCC(=O)O)C(=O)[C@@H]34)[C@@H]12. The number of carboxylic acid groups (broad SMARTS) is 1. The van der Waals surface area contributed by atoms with Gasteiger partial charge in [-0.1, -0.05) is 35.6 Å². The summed E-state index contributed by atoms with van der Waals surface area (Å²) in [6, 6.07) is 8.22. The Balaban J connectivity index is 1.43. The van der Waals surface area contributed by atoms with Gasteiger partial charge in [-0.25, -0.2) is 0 Å². The summed E-state index contributed by atoms with van der Waals surface area (Å²) >= 11 is 2.92. The lowest BCUT2D eigenvalue weighted by molar-refractivity contribution is -0.142. The van der Waals surface area contributed by atoms with E-state index in [0.29, 0.717) is 0 Å². The first-order valence-electron chi connectivity index (χ1n) is 10.9. The second-order valence-corrected chi connectivity index (χ2v) is 11.5. The summed E-state index contributed by atoms with van der Waals surface area (Å²) < 4.78 is 0. The number of hydrogen-bond donors (Lipinski definition) is 2. The topological polar surface area (TPSA) is 108 Å². The molecule has 1 aromatic carbocycles.